The van der Waals surface area contributed by atoms with Crippen LogP contribution in [0.3, 0.4) is 0 Å². The number of anilines is 1. The Balaban J connectivity index is 2.20. The van der Waals surface area contributed by atoms with Gasteiger partial charge in [0.2, 0.25) is 5.88 Å². The fraction of sp³-hybridized carbons (Fsp3) is 0.375. The molecule has 4 nitrogen and oxygen atoms in total. The summed E-state index contributed by atoms with van der Waals surface area (Å²) in [4.78, 5) is 10.2. The molecule has 0 aliphatic carbocycles. The number of aryl methyl sites for hydroxylation is 1. The first-order valence-corrected chi connectivity index (χ1v) is 8.41. The van der Waals surface area contributed by atoms with Crippen LogP contribution in [0.25, 0.3) is 0 Å². The Bertz CT molecular complexity index is 548. The smallest absolute Gasteiger partial charge is 0.224 e. The molecule has 0 unspecified atom stereocenters. The van der Waals surface area contributed by atoms with Gasteiger partial charge in [0, 0.05) is 23.9 Å². The molecule has 0 aliphatic heterocycles. The van der Waals surface area contributed by atoms with Gasteiger partial charge in [-0.1, -0.05) is 6.92 Å². The first-order valence-electron chi connectivity index (χ1n) is 7.19. The number of rotatable bonds is 7. The summed E-state index contributed by atoms with van der Waals surface area (Å²) in [5.74, 6) is 3.00. The van der Waals surface area contributed by atoms with E-state index in [0.29, 0.717) is 5.88 Å². The first kappa shape index (κ1) is 15.6. The summed E-state index contributed by atoms with van der Waals surface area (Å²) in [7, 11) is 0. The molecule has 0 bridgehead atoms. The van der Waals surface area contributed by atoms with E-state index < -0.39 is 0 Å². The van der Waals surface area contributed by atoms with Crippen molar-refractivity contribution >= 4 is 17.6 Å². The lowest BCUT2D eigenvalue weighted by Gasteiger charge is -2.10. The van der Waals surface area contributed by atoms with Crippen molar-refractivity contribution in [3.05, 3.63) is 36.2 Å². The van der Waals surface area contributed by atoms with Gasteiger partial charge in [0.15, 0.2) is 0 Å². The predicted octanol–water partition coefficient (Wildman–Crippen LogP) is 4.38. The molecule has 112 valence electrons. The third-order valence-electron chi connectivity index (χ3n) is 2.86. The lowest BCUT2D eigenvalue weighted by Crippen LogP contribution is -2.04. The number of hydrogen-bond donors (Lipinski definition) is 1. The number of thioether (sulfide) groups is 1. The summed E-state index contributed by atoms with van der Waals surface area (Å²) in [6.07, 6.45) is 3.92. The molecule has 2 aromatic rings. The highest BCUT2D eigenvalue weighted by Crippen LogP contribution is 2.24. The predicted molar refractivity (Wildman–Crippen MR) is 88.5 cm³/mol. The van der Waals surface area contributed by atoms with E-state index in [9.17, 15) is 0 Å². The number of hydrogen-bond acceptors (Lipinski definition) is 5. The monoisotopic (exact) mass is 303 g/mol. The van der Waals surface area contributed by atoms with E-state index in [2.05, 4.69) is 28.5 Å². The maximum atomic E-state index is 5.85. The molecule has 0 spiro atoms. The van der Waals surface area contributed by atoms with Crippen LogP contribution in [0.1, 0.15) is 26.1 Å². The fourth-order valence-electron chi connectivity index (χ4n) is 1.90. The molecule has 0 aliphatic rings. The number of aromatic nitrogens is 2. The van der Waals surface area contributed by atoms with Crippen LogP contribution in [0.2, 0.25) is 0 Å². The first-order chi connectivity index (χ1) is 10.2. The van der Waals surface area contributed by atoms with E-state index in [1.807, 2.05) is 37.3 Å². The van der Waals surface area contributed by atoms with Gasteiger partial charge in [0.25, 0.3) is 0 Å². The summed E-state index contributed by atoms with van der Waals surface area (Å²) in [6, 6.07) is 9.84. The van der Waals surface area contributed by atoms with Crippen LogP contribution < -0.4 is 10.1 Å². The highest BCUT2D eigenvalue weighted by Gasteiger charge is 2.06. The third kappa shape index (κ3) is 4.63. The highest BCUT2D eigenvalue weighted by molar-refractivity contribution is 7.98. The second kappa shape index (κ2) is 7.88. The largest absolute Gasteiger partial charge is 0.439 e. The maximum Gasteiger partial charge on any atom is 0.224 e. The topological polar surface area (TPSA) is 47.0 Å². The summed E-state index contributed by atoms with van der Waals surface area (Å²) in [6.45, 7) is 4.98. The van der Waals surface area contributed by atoms with Gasteiger partial charge in [-0.05, 0) is 43.9 Å². The van der Waals surface area contributed by atoms with Crippen molar-refractivity contribution in [2.24, 2.45) is 0 Å². The van der Waals surface area contributed by atoms with Crippen molar-refractivity contribution < 1.29 is 4.74 Å². The molecular weight excluding hydrogens is 282 g/mol. The van der Waals surface area contributed by atoms with Gasteiger partial charge in [0.1, 0.15) is 17.4 Å². The van der Waals surface area contributed by atoms with Gasteiger partial charge < -0.3 is 10.1 Å². The van der Waals surface area contributed by atoms with E-state index in [1.54, 1.807) is 11.8 Å². The zero-order chi connectivity index (χ0) is 15.1. The maximum absolute atomic E-state index is 5.85. The van der Waals surface area contributed by atoms with Crippen LogP contribution in [0.5, 0.6) is 11.6 Å². The van der Waals surface area contributed by atoms with E-state index >= 15 is 0 Å². The Kier molecular flexibility index (Phi) is 5.87. The van der Waals surface area contributed by atoms with Gasteiger partial charge in [-0.3, -0.25) is 0 Å². The molecule has 0 fully saturated rings. The van der Waals surface area contributed by atoms with Gasteiger partial charge in [-0.25, -0.2) is 4.98 Å². The normalized spacial score (nSPS) is 10.4. The Hall–Kier alpha value is -1.75. The Morgan fingerprint density at radius 3 is 2.52 bits per heavy atom. The van der Waals surface area contributed by atoms with Crippen LogP contribution in [0.4, 0.5) is 5.82 Å². The highest BCUT2D eigenvalue weighted by atomic mass is 32.2. The lowest BCUT2D eigenvalue weighted by molar-refractivity contribution is 0.458. The van der Waals surface area contributed by atoms with E-state index in [-0.39, 0.29) is 0 Å². The van der Waals surface area contributed by atoms with E-state index in [0.717, 1.165) is 36.8 Å². The summed E-state index contributed by atoms with van der Waals surface area (Å²) >= 11 is 1.71. The molecule has 5 heteroatoms. The summed E-state index contributed by atoms with van der Waals surface area (Å²) in [5.41, 5.74) is 0. The molecule has 2 rings (SSSR count). The van der Waals surface area contributed by atoms with Crippen LogP contribution in [0, 0.1) is 0 Å². The van der Waals surface area contributed by atoms with Crippen molar-refractivity contribution in [2.45, 2.75) is 31.6 Å². The number of ether oxygens (including phenoxy) is 1. The van der Waals surface area contributed by atoms with Gasteiger partial charge in [-0.15, -0.1) is 11.8 Å². The SMILES string of the molecule is CCCc1nc(NCC)cc(Oc2ccc(SC)cc2)n1. The van der Waals surface area contributed by atoms with Crippen LogP contribution in [-0.4, -0.2) is 22.8 Å². The minimum absolute atomic E-state index is 0.585. The third-order valence-corrected chi connectivity index (χ3v) is 3.61. The second-order valence-corrected chi connectivity index (χ2v) is 5.45. The van der Waals surface area contributed by atoms with E-state index in [4.69, 9.17) is 4.74 Å². The molecule has 1 heterocycles. The molecule has 1 aromatic heterocycles. The number of benzene rings is 1. The average Bonchev–Trinajstić information content (AvgIpc) is 2.48. The minimum atomic E-state index is 0.585. The Morgan fingerprint density at radius 1 is 1.14 bits per heavy atom. The molecule has 0 atom stereocenters. The van der Waals surface area contributed by atoms with Crippen LogP contribution >= 0.6 is 11.8 Å². The molecule has 0 saturated carbocycles. The lowest BCUT2D eigenvalue weighted by atomic mass is 10.3. The molecule has 1 N–H and O–H groups in total. The number of nitrogens with zero attached hydrogens (tertiary/aromatic N) is 2. The van der Waals surface area contributed by atoms with Crippen molar-refractivity contribution in [2.75, 3.05) is 18.1 Å². The number of nitrogens with one attached hydrogen (secondary N) is 1. The van der Waals surface area contributed by atoms with Crippen molar-refractivity contribution in [1.82, 2.24) is 9.97 Å². The minimum Gasteiger partial charge on any atom is -0.439 e. The second-order valence-electron chi connectivity index (χ2n) is 4.57. The fourth-order valence-corrected chi connectivity index (χ4v) is 2.30. The van der Waals surface area contributed by atoms with E-state index in [1.165, 1.54) is 4.90 Å². The Morgan fingerprint density at radius 2 is 1.90 bits per heavy atom. The zero-order valence-corrected chi connectivity index (χ0v) is 13.5. The van der Waals surface area contributed by atoms with Crippen molar-refractivity contribution in [1.29, 1.82) is 0 Å². The van der Waals surface area contributed by atoms with Crippen LogP contribution in [0.15, 0.2) is 35.2 Å². The van der Waals surface area contributed by atoms with Gasteiger partial charge >= 0.3 is 0 Å². The summed E-state index contributed by atoms with van der Waals surface area (Å²) < 4.78 is 5.85. The summed E-state index contributed by atoms with van der Waals surface area (Å²) in [5, 5.41) is 3.22. The van der Waals surface area contributed by atoms with Gasteiger partial charge in [0.05, 0.1) is 0 Å². The van der Waals surface area contributed by atoms with Gasteiger partial charge in [-0.2, -0.15) is 4.98 Å². The molecular formula is C16H21N3OS. The standard InChI is InChI=1S/C16H21N3OS/c1-4-6-14-18-15(17-5-2)11-16(19-14)20-12-7-9-13(21-3)10-8-12/h7-11H,4-6H2,1-3H3,(H,17,18,19). The quantitative estimate of drug-likeness (QED) is 0.769. The van der Waals surface area contributed by atoms with Crippen LogP contribution in [-0.2, 0) is 6.42 Å². The molecule has 0 saturated heterocycles. The van der Waals surface area contributed by atoms with Crippen molar-refractivity contribution in [3.63, 3.8) is 0 Å². The average molecular weight is 303 g/mol. The molecule has 21 heavy (non-hydrogen) atoms. The molecule has 0 amide bonds. The molecule has 0 radical (unpaired) electrons. The van der Waals surface area contributed by atoms with Crippen molar-refractivity contribution in [3.8, 4) is 11.6 Å². The Labute approximate surface area is 130 Å². The zero-order valence-electron chi connectivity index (χ0n) is 12.7. The molecule has 1 aromatic carbocycles.